The van der Waals surface area contributed by atoms with Gasteiger partial charge in [-0.05, 0) is 31.0 Å². The second-order valence-corrected chi connectivity index (χ2v) is 6.83. The molecule has 2 N–H and O–H groups in total. The summed E-state index contributed by atoms with van der Waals surface area (Å²) in [5.74, 6) is 0.156. The summed E-state index contributed by atoms with van der Waals surface area (Å²) >= 11 is 0. The predicted molar refractivity (Wildman–Crippen MR) is 104 cm³/mol. The van der Waals surface area contributed by atoms with Gasteiger partial charge in [0.15, 0.2) is 0 Å². The van der Waals surface area contributed by atoms with Gasteiger partial charge in [-0.3, -0.25) is 9.69 Å². The molecule has 1 unspecified atom stereocenters. The number of carbonyl (C=O) groups excluding carboxylic acids is 1. The Kier molecular flexibility index (Phi) is 9.17. The fraction of sp³-hybridized carbons (Fsp3) is 0.611. The van der Waals surface area contributed by atoms with E-state index in [1.165, 1.54) is 11.1 Å². The number of amides is 1. The van der Waals surface area contributed by atoms with Gasteiger partial charge in [0.25, 0.3) is 0 Å². The van der Waals surface area contributed by atoms with Gasteiger partial charge >= 0.3 is 0 Å². The zero-order valence-electron chi connectivity index (χ0n) is 14.8. The summed E-state index contributed by atoms with van der Waals surface area (Å²) in [5.41, 5.74) is 2.24. The lowest BCUT2D eigenvalue weighted by molar-refractivity contribution is -0.129. The van der Waals surface area contributed by atoms with Crippen LogP contribution in [0.1, 0.15) is 24.5 Å². The quantitative estimate of drug-likeness (QED) is 0.808. The fourth-order valence-corrected chi connectivity index (χ4v) is 3.28. The number of ether oxygens (including phenoxy) is 1. The zero-order valence-corrected chi connectivity index (χ0v) is 16.4. The van der Waals surface area contributed by atoms with Crippen LogP contribution in [0.4, 0.5) is 0 Å². The van der Waals surface area contributed by atoms with Crippen LogP contribution in [0.3, 0.4) is 0 Å². The van der Waals surface area contributed by atoms with Crippen LogP contribution < -0.4 is 10.6 Å². The highest BCUT2D eigenvalue weighted by Gasteiger charge is 2.35. The van der Waals surface area contributed by atoms with E-state index in [9.17, 15) is 4.79 Å². The normalized spacial score (nSPS) is 23.4. The van der Waals surface area contributed by atoms with Crippen LogP contribution in [-0.4, -0.2) is 50.2 Å². The van der Waals surface area contributed by atoms with E-state index in [-0.39, 0.29) is 36.1 Å². The van der Waals surface area contributed by atoms with Gasteiger partial charge in [-0.1, -0.05) is 24.3 Å². The highest BCUT2D eigenvalue weighted by Crippen LogP contribution is 2.24. The van der Waals surface area contributed by atoms with E-state index >= 15 is 0 Å². The van der Waals surface area contributed by atoms with E-state index in [4.69, 9.17) is 4.74 Å². The zero-order chi connectivity index (χ0) is 16.1. The van der Waals surface area contributed by atoms with Crippen LogP contribution in [0.2, 0.25) is 0 Å². The van der Waals surface area contributed by atoms with Gasteiger partial charge in [0.05, 0.1) is 18.6 Å². The third kappa shape index (κ3) is 5.83. The molecule has 25 heavy (non-hydrogen) atoms. The van der Waals surface area contributed by atoms with Crippen molar-refractivity contribution in [1.82, 2.24) is 15.5 Å². The monoisotopic (exact) mass is 389 g/mol. The first-order valence-electron chi connectivity index (χ1n) is 8.53. The maximum absolute atomic E-state index is 12.5. The molecule has 3 rings (SSSR count). The van der Waals surface area contributed by atoms with Crippen LogP contribution in [0, 0.1) is 5.41 Å². The number of hydrogen-bond donors (Lipinski definition) is 2. The number of rotatable bonds is 5. The molecule has 0 saturated carbocycles. The summed E-state index contributed by atoms with van der Waals surface area (Å²) in [6.07, 6.45) is 0.911. The van der Waals surface area contributed by atoms with Gasteiger partial charge in [-0.25, -0.2) is 0 Å². The largest absolute Gasteiger partial charge is 0.379 e. The van der Waals surface area contributed by atoms with Crippen molar-refractivity contribution in [3.8, 4) is 0 Å². The van der Waals surface area contributed by atoms with Crippen molar-refractivity contribution in [3.63, 3.8) is 0 Å². The second-order valence-electron chi connectivity index (χ2n) is 6.83. The third-order valence-corrected chi connectivity index (χ3v) is 4.97. The molecule has 1 aromatic carbocycles. The van der Waals surface area contributed by atoms with Crippen molar-refractivity contribution in [2.45, 2.75) is 26.4 Å². The Labute approximate surface area is 162 Å². The Morgan fingerprint density at radius 2 is 1.92 bits per heavy atom. The number of nitrogens with zero attached hydrogens (tertiary/aromatic N) is 1. The van der Waals surface area contributed by atoms with Crippen LogP contribution >= 0.6 is 24.8 Å². The Morgan fingerprint density at radius 1 is 1.24 bits per heavy atom. The maximum Gasteiger partial charge on any atom is 0.227 e. The van der Waals surface area contributed by atoms with Crippen molar-refractivity contribution in [1.29, 1.82) is 0 Å². The molecule has 2 aliphatic rings. The summed E-state index contributed by atoms with van der Waals surface area (Å²) in [6.45, 7) is 8.85. The fourth-order valence-electron chi connectivity index (χ4n) is 3.28. The number of nitrogens with one attached hydrogen (secondary N) is 2. The molecule has 0 radical (unpaired) electrons. The lowest BCUT2D eigenvalue weighted by Crippen LogP contribution is -2.40. The van der Waals surface area contributed by atoms with E-state index < -0.39 is 0 Å². The molecule has 0 spiro atoms. The molecular weight excluding hydrogens is 361 g/mol. The molecule has 2 saturated heterocycles. The topological polar surface area (TPSA) is 53.6 Å². The summed E-state index contributed by atoms with van der Waals surface area (Å²) in [7, 11) is 0. The van der Waals surface area contributed by atoms with Crippen molar-refractivity contribution < 1.29 is 9.53 Å². The lowest BCUT2D eigenvalue weighted by atomic mass is 9.88. The van der Waals surface area contributed by atoms with Gasteiger partial charge in [0.1, 0.15) is 0 Å². The molecule has 2 heterocycles. The molecule has 142 valence electrons. The average molecular weight is 390 g/mol. The Bertz CT molecular complexity index is 545. The molecule has 1 atom stereocenters. The SMILES string of the molecule is CC1(C(=O)NCc2ccccc2CN2CCOCC2)CCNC1.Cl.Cl. The highest BCUT2D eigenvalue weighted by atomic mass is 35.5. The summed E-state index contributed by atoms with van der Waals surface area (Å²) < 4.78 is 5.41. The number of morpholine rings is 1. The first kappa shape index (κ1) is 22.2. The van der Waals surface area contributed by atoms with Crippen LogP contribution in [0.15, 0.2) is 24.3 Å². The molecule has 0 aliphatic carbocycles. The molecule has 5 nitrogen and oxygen atoms in total. The Morgan fingerprint density at radius 3 is 2.56 bits per heavy atom. The van der Waals surface area contributed by atoms with E-state index in [1.54, 1.807) is 0 Å². The molecule has 2 fully saturated rings. The van der Waals surface area contributed by atoms with Crippen molar-refractivity contribution >= 4 is 30.7 Å². The number of carbonyl (C=O) groups is 1. The van der Waals surface area contributed by atoms with Crippen LogP contribution in [0.25, 0.3) is 0 Å². The molecule has 1 aromatic rings. The number of benzene rings is 1. The summed E-state index contributed by atoms with van der Waals surface area (Å²) in [4.78, 5) is 14.9. The second kappa shape index (κ2) is 10.3. The van der Waals surface area contributed by atoms with Crippen molar-refractivity contribution in [2.24, 2.45) is 5.41 Å². The Hall–Kier alpha value is -0.850. The van der Waals surface area contributed by atoms with E-state index in [0.717, 1.165) is 52.4 Å². The van der Waals surface area contributed by atoms with Gasteiger partial charge in [-0.15, -0.1) is 24.8 Å². The first-order chi connectivity index (χ1) is 11.2. The molecular formula is C18H29Cl2N3O2. The molecule has 0 bridgehead atoms. The number of halogens is 2. The maximum atomic E-state index is 12.5. The van der Waals surface area contributed by atoms with Gasteiger partial charge in [-0.2, -0.15) is 0 Å². The lowest BCUT2D eigenvalue weighted by Gasteiger charge is -2.27. The van der Waals surface area contributed by atoms with E-state index in [1.807, 2.05) is 13.0 Å². The third-order valence-electron chi connectivity index (χ3n) is 4.97. The van der Waals surface area contributed by atoms with Crippen molar-refractivity contribution in [3.05, 3.63) is 35.4 Å². The van der Waals surface area contributed by atoms with E-state index in [2.05, 4.69) is 33.7 Å². The molecule has 7 heteroatoms. The minimum absolute atomic E-state index is 0. The molecule has 1 amide bonds. The van der Waals surface area contributed by atoms with E-state index in [0.29, 0.717) is 6.54 Å². The van der Waals surface area contributed by atoms with Gasteiger partial charge in [0, 0.05) is 32.7 Å². The smallest absolute Gasteiger partial charge is 0.227 e. The van der Waals surface area contributed by atoms with Crippen LogP contribution in [0.5, 0.6) is 0 Å². The first-order valence-corrected chi connectivity index (χ1v) is 8.53. The Balaban J connectivity index is 0.00000156. The molecule has 2 aliphatic heterocycles. The molecule has 0 aromatic heterocycles. The van der Waals surface area contributed by atoms with Gasteiger partial charge in [0.2, 0.25) is 5.91 Å². The van der Waals surface area contributed by atoms with Crippen LogP contribution in [-0.2, 0) is 22.6 Å². The highest BCUT2D eigenvalue weighted by molar-refractivity contribution is 5.85. The number of hydrogen-bond acceptors (Lipinski definition) is 4. The van der Waals surface area contributed by atoms with Crippen molar-refractivity contribution in [2.75, 3.05) is 39.4 Å². The minimum Gasteiger partial charge on any atom is -0.379 e. The predicted octanol–water partition coefficient (Wildman–Crippen LogP) is 1.98. The average Bonchev–Trinajstić information content (AvgIpc) is 3.03. The summed E-state index contributed by atoms with van der Waals surface area (Å²) in [6, 6.07) is 8.40. The summed E-state index contributed by atoms with van der Waals surface area (Å²) in [5, 5.41) is 6.42. The minimum atomic E-state index is -0.265. The van der Waals surface area contributed by atoms with Gasteiger partial charge < -0.3 is 15.4 Å². The standard InChI is InChI=1S/C18H27N3O2.2ClH/c1-18(6-7-19-14-18)17(22)20-12-15-4-2-3-5-16(15)13-21-8-10-23-11-9-21;;/h2-5,19H,6-14H2,1H3,(H,20,22);2*1H.